The lowest BCUT2D eigenvalue weighted by Gasteiger charge is -2.29. The van der Waals surface area contributed by atoms with Crippen LogP contribution >= 0.6 is 0 Å². The lowest BCUT2D eigenvalue weighted by atomic mass is 9.72. The molecule has 0 unspecified atom stereocenters. The lowest BCUT2D eigenvalue weighted by Crippen LogP contribution is -2.29. The standard InChI is InChI=1S/C11H12FN3/c12-9-6-14-8-15-10(9)11(7-13)4-2-1-3-5-11/h6,8H,1-5H2. The van der Waals surface area contributed by atoms with Crippen LogP contribution in [-0.2, 0) is 5.41 Å². The van der Waals surface area contributed by atoms with Gasteiger partial charge in [0.2, 0.25) is 0 Å². The topological polar surface area (TPSA) is 49.6 Å². The second-order valence-electron chi connectivity index (χ2n) is 3.97. The maximum atomic E-state index is 13.5. The van der Waals surface area contributed by atoms with E-state index in [2.05, 4.69) is 16.0 Å². The van der Waals surface area contributed by atoms with Crippen molar-refractivity contribution in [3.63, 3.8) is 0 Å². The number of halogens is 1. The van der Waals surface area contributed by atoms with E-state index in [0.29, 0.717) is 12.8 Å². The molecular weight excluding hydrogens is 193 g/mol. The first-order valence-corrected chi connectivity index (χ1v) is 5.16. The van der Waals surface area contributed by atoms with Gasteiger partial charge in [-0.15, -0.1) is 0 Å². The van der Waals surface area contributed by atoms with Crippen LogP contribution < -0.4 is 0 Å². The van der Waals surface area contributed by atoms with Crippen molar-refractivity contribution in [2.75, 3.05) is 0 Å². The molecule has 1 heterocycles. The summed E-state index contributed by atoms with van der Waals surface area (Å²) >= 11 is 0. The number of nitrogens with zero attached hydrogens (tertiary/aromatic N) is 3. The Balaban J connectivity index is 2.42. The van der Waals surface area contributed by atoms with Gasteiger partial charge in [-0.05, 0) is 12.8 Å². The van der Waals surface area contributed by atoms with E-state index in [1.807, 2.05) is 0 Å². The van der Waals surface area contributed by atoms with Crippen LogP contribution in [0.4, 0.5) is 4.39 Å². The zero-order valence-electron chi connectivity index (χ0n) is 8.41. The fraction of sp³-hybridized carbons (Fsp3) is 0.545. The van der Waals surface area contributed by atoms with Crippen LogP contribution in [0.5, 0.6) is 0 Å². The Morgan fingerprint density at radius 1 is 1.33 bits per heavy atom. The average Bonchev–Trinajstić information content (AvgIpc) is 2.30. The minimum absolute atomic E-state index is 0.278. The van der Waals surface area contributed by atoms with E-state index in [1.54, 1.807) is 0 Å². The van der Waals surface area contributed by atoms with Crippen LogP contribution in [0.1, 0.15) is 37.8 Å². The maximum absolute atomic E-state index is 13.5. The Bertz CT molecular complexity index is 391. The molecule has 0 radical (unpaired) electrons. The highest BCUT2D eigenvalue weighted by atomic mass is 19.1. The lowest BCUT2D eigenvalue weighted by molar-refractivity contribution is 0.345. The van der Waals surface area contributed by atoms with Gasteiger partial charge in [-0.2, -0.15) is 5.26 Å². The van der Waals surface area contributed by atoms with Gasteiger partial charge in [0, 0.05) is 0 Å². The van der Waals surface area contributed by atoms with Crippen LogP contribution in [0.15, 0.2) is 12.5 Å². The molecule has 0 bridgehead atoms. The van der Waals surface area contributed by atoms with Gasteiger partial charge in [-0.3, -0.25) is 0 Å². The minimum atomic E-state index is -0.717. The molecule has 15 heavy (non-hydrogen) atoms. The van der Waals surface area contributed by atoms with E-state index < -0.39 is 11.2 Å². The third-order valence-electron chi connectivity index (χ3n) is 3.04. The number of hydrogen-bond donors (Lipinski definition) is 0. The summed E-state index contributed by atoms with van der Waals surface area (Å²) in [5.74, 6) is -0.457. The van der Waals surface area contributed by atoms with Crippen molar-refractivity contribution in [1.29, 1.82) is 5.26 Å². The maximum Gasteiger partial charge on any atom is 0.164 e. The summed E-state index contributed by atoms with van der Waals surface area (Å²) in [6.45, 7) is 0. The first-order valence-electron chi connectivity index (χ1n) is 5.16. The van der Waals surface area contributed by atoms with Crippen molar-refractivity contribution in [2.24, 2.45) is 0 Å². The van der Waals surface area contributed by atoms with E-state index in [1.165, 1.54) is 6.33 Å². The van der Waals surface area contributed by atoms with Gasteiger partial charge in [-0.1, -0.05) is 19.3 Å². The SMILES string of the molecule is N#CC1(c2ncncc2F)CCCCC1. The number of nitriles is 1. The van der Waals surface area contributed by atoms with E-state index in [9.17, 15) is 9.65 Å². The third kappa shape index (κ3) is 1.70. The van der Waals surface area contributed by atoms with Crippen LogP contribution in [0.3, 0.4) is 0 Å². The molecule has 0 aromatic carbocycles. The van der Waals surface area contributed by atoms with Crippen LogP contribution in [0, 0.1) is 17.1 Å². The largest absolute Gasteiger partial charge is 0.242 e. The van der Waals surface area contributed by atoms with Gasteiger partial charge in [0.25, 0.3) is 0 Å². The molecule has 1 aliphatic rings. The third-order valence-corrected chi connectivity index (χ3v) is 3.04. The molecule has 0 saturated heterocycles. The summed E-state index contributed by atoms with van der Waals surface area (Å²) in [5.41, 5.74) is -0.439. The quantitative estimate of drug-likeness (QED) is 0.707. The second kappa shape index (κ2) is 3.93. The normalized spacial score (nSPS) is 19.5. The summed E-state index contributed by atoms with van der Waals surface area (Å²) in [4.78, 5) is 7.55. The summed E-state index contributed by atoms with van der Waals surface area (Å²) in [6.07, 6.45) is 6.92. The number of aromatic nitrogens is 2. The predicted molar refractivity (Wildman–Crippen MR) is 52.4 cm³/mol. The van der Waals surface area contributed by atoms with Crippen molar-refractivity contribution in [2.45, 2.75) is 37.5 Å². The summed E-state index contributed by atoms with van der Waals surface area (Å²) in [5, 5.41) is 9.24. The minimum Gasteiger partial charge on any atom is -0.242 e. The van der Waals surface area contributed by atoms with Crippen LogP contribution in [0.25, 0.3) is 0 Å². The molecule has 1 aliphatic carbocycles. The molecule has 0 spiro atoms. The van der Waals surface area contributed by atoms with Crippen molar-refractivity contribution in [3.8, 4) is 6.07 Å². The van der Waals surface area contributed by atoms with E-state index in [0.717, 1.165) is 25.5 Å². The highest BCUT2D eigenvalue weighted by Crippen LogP contribution is 2.38. The molecule has 2 rings (SSSR count). The Labute approximate surface area is 88.0 Å². The Kier molecular flexibility index (Phi) is 2.63. The van der Waals surface area contributed by atoms with Crippen LogP contribution in [0.2, 0.25) is 0 Å². The molecule has 4 heteroatoms. The van der Waals surface area contributed by atoms with E-state index in [4.69, 9.17) is 0 Å². The molecule has 0 aliphatic heterocycles. The summed E-state index contributed by atoms with van der Waals surface area (Å²) < 4.78 is 13.5. The fourth-order valence-corrected chi connectivity index (χ4v) is 2.22. The fourth-order valence-electron chi connectivity index (χ4n) is 2.22. The molecule has 1 aromatic rings. The van der Waals surface area contributed by atoms with Crippen molar-refractivity contribution in [1.82, 2.24) is 9.97 Å². The first-order chi connectivity index (χ1) is 7.28. The van der Waals surface area contributed by atoms with Crippen molar-refractivity contribution < 1.29 is 4.39 Å². The smallest absolute Gasteiger partial charge is 0.164 e. The van der Waals surface area contributed by atoms with Gasteiger partial charge in [-0.25, -0.2) is 14.4 Å². The Morgan fingerprint density at radius 3 is 2.67 bits per heavy atom. The van der Waals surface area contributed by atoms with E-state index >= 15 is 0 Å². The molecule has 1 fully saturated rings. The molecule has 3 nitrogen and oxygen atoms in total. The monoisotopic (exact) mass is 205 g/mol. The van der Waals surface area contributed by atoms with Crippen molar-refractivity contribution >= 4 is 0 Å². The molecule has 1 aromatic heterocycles. The van der Waals surface area contributed by atoms with E-state index in [-0.39, 0.29) is 5.69 Å². The average molecular weight is 205 g/mol. The zero-order chi connectivity index (χ0) is 10.7. The molecule has 0 atom stereocenters. The highest BCUT2D eigenvalue weighted by Gasteiger charge is 2.37. The molecule has 78 valence electrons. The molecule has 0 amide bonds. The zero-order valence-corrected chi connectivity index (χ0v) is 8.41. The molecule has 1 saturated carbocycles. The second-order valence-corrected chi connectivity index (χ2v) is 3.97. The Morgan fingerprint density at radius 2 is 2.07 bits per heavy atom. The molecular formula is C11H12FN3. The summed E-state index contributed by atoms with van der Waals surface area (Å²) in [7, 11) is 0. The molecule has 0 N–H and O–H groups in total. The van der Waals surface area contributed by atoms with Gasteiger partial charge >= 0.3 is 0 Å². The highest BCUT2D eigenvalue weighted by molar-refractivity contribution is 5.26. The van der Waals surface area contributed by atoms with Gasteiger partial charge in [0.05, 0.1) is 18.0 Å². The van der Waals surface area contributed by atoms with Crippen molar-refractivity contribution in [3.05, 3.63) is 24.0 Å². The van der Waals surface area contributed by atoms with Crippen LogP contribution in [-0.4, -0.2) is 9.97 Å². The number of rotatable bonds is 1. The first kappa shape index (κ1) is 10.0. The Hall–Kier alpha value is -1.50. The predicted octanol–water partition coefficient (Wildman–Crippen LogP) is 2.34. The van der Waals surface area contributed by atoms with Gasteiger partial charge in [0.1, 0.15) is 11.7 Å². The van der Waals surface area contributed by atoms with Gasteiger partial charge < -0.3 is 0 Å². The van der Waals surface area contributed by atoms with Gasteiger partial charge in [0.15, 0.2) is 5.82 Å². The number of hydrogen-bond acceptors (Lipinski definition) is 3. The summed E-state index contributed by atoms with van der Waals surface area (Å²) in [6, 6.07) is 2.24.